The first-order valence-electron chi connectivity index (χ1n) is 6.30. The van der Waals surface area contributed by atoms with Crippen molar-refractivity contribution in [3.63, 3.8) is 0 Å². The highest BCUT2D eigenvalue weighted by molar-refractivity contribution is 9.10. The predicted octanol–water partition coefficient (Wildman–Crippen LogP) is 5.93. The number of halogens is 3. The van der Waals surface area contributed by atoms with Crippen molar-refractivity contribution in [2.45, 2.75) is 0 Å². The summed E-state index contributed by atoms with van der Waals surface area (Å²) in [6.45, 7) is 0. The van der Waals surface area contributed by atoms with Crippen LogP contribution in [-0.2, 0) is 7.05 Å². The smallest absolute Gasteiger partial charge is 0.112 e. The quantitative estimate of drug-likeness (QED) is 0.496. The fraction of sp³-hybridized carbons (Fsp3) is 0.0625. The van der Waals surface area contributed by atoms with E-state index in [-0.39, 0.29) is 0 Å². The van der Waals surface area contributed by atoms with Crippen molar-refractivity contribution in [2.75, 3.05) is 0 Å². The molecule has 2 nitrogen and oxygen atoms in total. The maximum atomic E-state index is 6.57. The van der Waals surface area contributed by atoms with Crippen molar-refractivity contribution < 1.29 is 0 Å². The number of benzene rings is 2. The molecule has 0 N–H and O–H groups in total. The Kier molecular flexibility index (Phi) is 4.20. The zero-order valence-electron chi connectivity index (χ0n) is 11.1. The third kappa shape index (κ3) is 2.93. The number of aromatic nitrogens is 2. The monoisotopic (exact) mass is 424 g/mol. The molecule has 0 aliphatic carbocycles. The largest absolute Gasteiger partial charge is 0.266 e. The first-order chi connectivity index (χ1) is 10.1. The van der Waals surface area contributed by atoms with Crippen LogP contribution >= 0.6 is 43.5 Å². The summed E-state index contributed by atoms with van der Waals surface area (Å²) in [6.07, 6.45) is 0. The lowest BCUT2D eigenvalue weighted by Crippen LogP contribution is -1.93. The molecule has 5 heteroatoms. The summed E-state index contributed by atoms with van der Waals surface area (Å²) >= 11 is 13.5. The van der Waals surface area contributed by atoms with Gasteiger partial charge in [-0.1, -0.05) is 67.7 Å². The van der Waals surface area contributed by atoms with E-state index in [4.69, 9.17) is 11.6 Å². The Bertz CT molecular complexity index is 777. The maximum absolute atomic E-state index is 6.57. The van der Waals surface area contributed by atoms with E-state index < -0.39 is 0 Å². The van der Waals surface area contributed by atoms with Gasteiger partial charge in [-0.05, 0) is 24.3 Å². The van der Waals surface area contributed by atoms with E-state index in [0.717, 1.165) is 31.5 Å². The second kappa shape index (κ2) is 5.95. The molecular weight excluding hydrogens is 415 g/mol. The molecule has 0 saturated carbocycles. The minimum absolute atomic E-state index is 0.669. The van der Waals surface area contributed by atoms with Gasteiger partial charge in [-0.25, -0.2) is 0 Å². The number of hydrogen-bond acceptors (Lipinski definition) is 1. The van der Waals surface area contributed by atoms with Crippen molar-refractivity contribution >= 4 is 43.5 Å². The molecule has 0 unspecified atom stereocenters. The minimum atomic E-state index is 0.669. The van der Waals surface area contributed by atoms with E-state index in [1.54, 1.807) is 0 Å². The van der Waals surface area contributed by atoms with Crippen LogP contribution in [0.5, 0.6) is 0 Å². The molecule has 0 spiro atoms. The molecule has 0 aliphatic heterocycles. The summed E-state index contributed by atoms with van der Waals surface area (Å²) in [7, 11) is 1.91. The summed E-state index contributed by atoms with van der Waals surface area (Å²) in [6, 6.07) is 16.0. The van der Waals surface area contributed by atoms with E-state index in [0.29, 0.717) is 5.02 Å². The Balaban J connectivity index is 2.12. The molecule has 106 valence electrons. The van der Waals surface area contributed by atoms with Gasteiger partial charge in [-0.3, -0.25) is 4.68 Å². The fourth-order valence-corrected chi connectivity index (χ4v) is 3.12. The van der Waals surface area contributed by atoms with Crippen molar-refractivity contribution in [3.05, 3.63) is 62.5 Å². The van der Waals surface area contributed by atoms with Gasteiger partial charge < -0.3 is 0 Å². The van der Waals surface area contributed by atoms with Gasteiger partial charge in [0.1, 0.15) is 5.69 Å². The Morgan fingerprint density at radius 1 is 0.857 bits per heavy atom. The predicted molar refractivity (Wildman–Crippen MR) is 94.5 cm³/mol. The van der Waals surface area contributed by atoms with E-state index >= 15 is 0 Å². The average molecular weight is 427 g/mol. The van der Waals surface area contributed by atoms with Crippen LogP contribution in [-0.4, -0.2) is 9.78 Å². The maximum Gasteiger partial charge on any atom is 0.112 e. The second-order valence-electron chi connectivity index (χ2n) is 4.65. The van der Waals surface area contributed by atoms with E-state index in [1.807, 2.05) is 60.3 Å². The highest BCUT2D eigenvalue weighted by Crippen LogP contribution is 2.36. The molecule has 0 aliphatic rings. The molecule has 0 amide bonds. The van der Waals surface area contributed by atoms with Gasteiger partial charge in [0, 0.05) is 27.1 Å². The number of nitrogens with zero attached hydrogens (tertiary/aromatic N) is 2. The van der Waals surface area contributed by atoms with E-state index in [9.17, 15) is 0 Å². The SMILES string of the molecule is Cn1nc(-c2ccc(Br)cc2)c(Cl)c1-c1ccc(Br)cc1. The lowest BCUT2D eigenvalue weighted by atomic mass is 10.1. The highest BCUT2D eigenvalue weighted by atomic mass is 79.9. The van der Waals surface area contributed by atoms with Crippen molar-refractivity contribution in [3.8, 4) is 22.5 Å². The van der Waals surface area contributed by atoms with Crippen LogP contribution < -0.4 is 0 Å². The highest BCUT2D eigenvalue weighted by Gasteiger charge is 2.17. The second-order valence-corrected chi connectivity index (χ2v) is 6.86. The number of hydrogen-bond donors (Lipinski definition) is 0. The molecule has 21 heavy (non-hydrogen) atoms. The van der Waals surface area contributed by atoms with Crippen LogP contribution in [0, 0.1) is 0 Å². The lowest BCUT2D eigenvalue weighted by molar-refractivity contribution is 0.779. The summed E-state index contributed by atoms with van der Waals surface area (Å²) in [4.78, 5) is 0. The lowest BCUT2D eigenvalue weighted by Gasteiger charge is -2.03. The zero-order chi connectivity index (χ0) is 15.0. The normalized spacial score (nSPS) is 10.9. The summed E-state index contributed by atoms with van der Waals surface area (Å²) in [5.41, 5.74) is 3.76. The first-order valence-corrected chi connectivity index (χ1v) is 8.27. The standard InChI is InChI=1S/C16H11Br2ClN2/c1-21-16(11-4-8-13(18)9-5-11)14(19)15(20-21)10-2-6-12(17)7-3-10/h2-9H,1H3. The molecule has 1 aromatic heterocycles. The van der Waals surface area contributed by atoms with Crippen LogP contribution in [0.2, 0.25) is 5.02 Å². The number of aryl methyl sites for hydroxylation is 1. The third-order valence-corrected chi connectivity index (χ3v) is 4.64. The summed E-state index contributed by atoms with van der Waals surface area (Å²) < 4.78 is 3.90. The van der Waals surface area contributed by atoms with Crippen LogP contribution in [0.1, 0.15) is 0 Å². The van der Waals surface area contributed by atoms with Gasteiger partial charge in [0.2, 0.25) is 0 Å². The Hall–Kier alpha value is -1.10. The molecule has 0 fully saturated rings. The summed E-state index contributed by atoms with van der Waals surface area (Å²) in [5.74, 6) is 0. The van der Waals surface area contributed by atoms with Crippen LogP contribution in [0.4, 0.5) is 0 Å². The van der Waals surface area contributed by atoms with Crippen LogP contribution in [0.3, 0.4) is 0 Å². The Labute approximate surface area is 145 Å². The van der Waals surface area contributed by atoms with Gasteiger partial charge in [0.25, 0.3) is 0 Å². The molecule has 0 atom stereocenters. The Morgan fingerprint density at radius 2 is 1.33 bits per heavy atom. The summed E-state index contributed by atoms with van der Waals surface area (Å²) in [5, 5.41) is 5.24. The first kappa shape index (κ1) is 14.8. The molecular formula is C16H11Br2ClN2. The van der Waals surface area contributed by atoms with Crippen molar-refractivity contribution in [2.24, 2.45) is 7.05 Å². The van der Waals surface area contributed by atoms with Crippen molar-refractivity contribution in [1.29, 1.82) is 0 Å². The molecule has 0 bridgehead atoms. The molecule has 1 heterocycles. The molecule has 3 aromatic rings. The fourth-order valence-electron chi connectivity index (χ4n) is 2.21. The zero-order valence-corrected chi connectivity index (χ0v) is 15.1. The van der Waals surface area contributed by atoms with Crippen LogP contribution in [0.25, 0.3) is 22.5 Å². The molecule has 0 saturated heterocycles. The Morgan fingerprint density at radius 3 is 1.86 bits per heavy atom. The average Bonchev–Trinajstić information content (AvgIpc) is 2.76. The van der Waals surface area contributed by atoms with Gasteiger partial charge in [-0.15, -0.1) is 0 Å². The van der Waals surface area contributed by atoms with E-state index in [2.05, 4.69) is 37.0 Å². The van der Waals surface area contributed by atoms with Gasteiger partial charge in [0.15, 0.2) is 0 Å². The topological polar surface area (TPSA) is 17.8 Å². The van der Waals surface area contributed by atoms with Crippen LogP contribution in [0.15, 0.2) is 57.5 Å². The molecule has 2 aromatic carbocycles. The van der Waals surface area contributed by atoms with E-state index in [1.165, 1.54) is 0 Å². The third-order valence-electron chi connectivity index (χ3n) is 3.22. The van der Waals surface area contributed by atoms with Gasteiger partial charge >= 0.3 is 0 Å². The van der Waals surface area contributed by atoms with Crippen molar-refractivity contribution in [1.82, 2.24) is 9.78 Å². The van der Waals surface area contributed by atoms with Gasteiger partial charge in [0.05, 0.1) is 10.7 Å². The molecule has 3 rings (SSSR count). The number of rotatable bonds is 2. The molecule has 0 radical (unpaired) electrons. The van der Waals surface area contributed by atoms with Gasteiger partial charge in [-0.2, -0.15) is 5.10 Å². The minimum Gasteiger partial charge on any atom is -0.266 e.